The number of nitrogens with zero attached hydrogens (tertiary/aromatic N) is 1. The van der Waals surface area contributed by atoms with Crippen molar-refractivity contribution < 1.29 is 27.4 Å². The first kappa shape index (κ1) is 14.9. The summed E-state index contributed by atoms with van der Waals surface area (Å²) in [6.07, 6.45) is -4.09. The summed E-state index contributed by atoms with van der Waals surface area (Å²) in [5.74, 6) is -0.550. The molecule has 0 aromatic carbocycles. The Morgan fingerprint density at radius 3 is 2.67 bits per heavy atom. The summed E-state index contributed by atoms with van der Waals surface area (Å²) in [4.78, 5) is 15.9. The average molecular weight is 283 g/mol. The van der Waals surface area contributed by atoms with Crippen molar-refractivity contribution in [3.63, 3.8) is 0 Å². The minimum Gasteiger partial charge on any atom is -0.464 e. The van der Waals surface area contributed by atoms with Gasteiger partial charge in [0.25, 0.3) is 0 Å². The predicted octanol–water partition coefficient (Wildman–Crippen LogP) is 2.36. The molecule has 1 heterocycles. The van der Waals surface area contributed by atoms with Crippen LogP contribution >= 0.6 is 11.3 Å². The first-order valence-corrected chi connectivity index (χ1v) is 5.84. The molecule has 0 aliphatic carbocycles. The standard InChI is InChI=1S/C10H12F3NO3S/c1-6-8(9(15)16-2)14-7(18-6)3-4-17-5-10(11,12)13/h3-5H2,1-2H3. The fourth-order valence-corrected chi connectivity index (χ4v) is 2.09. The molecule has 0 aliphatic heterocycles. The van der Waals surface area contributed by atoms with Gasteiger partial charge in [-0.25, -0.2) is 9.78 Å². The molecule has 1 aromatic heterocycles. The summed E-state index contributed by atoms with van der Waals surface area (Å²) < 4.78 is 44.4. The third-order valence-electron chi connectivity index (χ3n) is 1.95. The fourth-order valence-electron chi connectivity index (χ4n) is 1.19. The van der Waals surface area contributed by atoms with Gasteiger partial charge < -0.3 is 9.47 Å². The molecule has 8 heteroatoms. The molecule has 4 nitrogen and oxygen atoms in total. The zero-order chi connectivity index (χ0) is 13.8. The number of thiazole rings is 1. The van der Waals surface area contributed by atoms with Crippen molar-refractivity contribution in [3.05, 3.63) is 15.6 Å². The van der Waals surface area contributed by atoms with Gasteiger partial charge in [0.2, 0.25) is 0 Å². The van der Waals surface area contributed by atoms with E-state index in [1.807, 2.05) is 0 Å². The van der Waals surface area contributed by atoms with Crippen molar-refractivity contribution in [2.24, 2.45) is 0 Å². The summed E-state index contributed by atoms with van der Waals surface area (Å²) in [5.41, 5.74) is 0.202. The highest BCUT2D eigenvalue weighted by Gasteiger charge is 2.27. The number of methoxy groups -OCH3 is 1. The maximum atomic E-state index is 11.8. The number of alkyl halides is 3. The van der Waals surface area contributed by atoms with E-state index >= 15 is 0 Å². The van der Waals surface area contributed by atoms with E-state index in [4.69, 9.17) is 0 Å². The normalized spacial score (nSPS) is 11.6. The maximum absolute atomic E-state index is 11.8. The van der Waals surface area contributed by atoms with Crippen LogP contribution in [0.3, 0.4) is 0 Å². The number of aryl methyl sites for hydroxylation is 1. The molecular weight excluding hydrogens is 271 g/mol. The van der Waals surface area contributed by atoms with Gasteiger partial charge in [0.05, 0.1) is 18.7 Å². The monoisotopic (exact) mass is 283 g/mol. The second kappa shape index (κ2) is 6.14. The number of esters is 1. The quantitative estimate of drug-likeness (QED) is 0.615. The summed E-state index contributed by atoms with van der Waals surface area (Å²) in [6.45, 7) is 0.332. The van der Waals surface area contributed by atoms with E-state index in [1.165, 1.54) is 18.4 Å². The van der Waals surface area contributed by atoms with Crippen LogP contribution in [0.5, 0.6) is 0 Å². The minimum absolute atomic E-state index is 0.0902. The van der Waals surface area contributed by atoms with E-state index in [9.17, 15) is 18.0 Å². The second-order valence-corrected chi connectivity index (χ2v) is 4.71. The van der Waals surface area contributed by atoms with Crippen molar-refractivity contribution in [1.29, 1.82) is 0 Å². The van der Waals surface area contributed by atoms with Gasteiger partial charge in [0.1, 0.15) is 6.61 Å². The van der Waals surface area contributed by atoms with Crippen LogP contribution in [0.15, 0.2) is 0 Å². The van der Waals surface area contributed by atoms with E-state index < -0.39 is 18.8 Å². The fraction of sp³-hybridized carbons (Fsp3) is 0.600. The SMILES string of the molecule is COC(=O)c1nc(CCOCC(F)(F)F)sc1C. The van der Waals surface area contributed by atoms with Gasteiger partial charge in [-0.15, -0.1) is 11.3 Å². The molecule has 0 atom stereocenters. The zero-order valence-corrected chi connectivity index (χ0v) is 10.7. The first-order chi connectivity index (χ1) is 8.33. The van der Waals surface area contributed by atoms with E-state index in [0.29, 0.717) is 9.88 Å². The lowest BCUT2D eigenvalue weighted by atomic mass is 10.4. The van der Waals surface area contributed by atoms with Crippen LogP contribution in [-0.4, -0.2) is 37.5 Å². The van der Waals surface area contributed by atoms with E-state index in [0.717, 1.165) is 0 Å². The van der Waals surface area contributed by atoms with Crippen molar-refractivity contribution >= 4 is 17.3 Å². The number of halogens is 3. The van der Waals surface area contributed by atoms with E-state index in [-0.39, 0.29) is 18.7 Å². The predicted molar refractivity (Wildman–Crippen MR) is 58.8 cm³/mol. The molecule has 0 radical (unpaired) electrons. The molecular formula is C10H12F3NO3S. The third kappa shape index (κ3) is 4.61. The number of aromatic nitrogens is 1. The molecule has 0 bridgehead atoms. The molecule has 1 aromatic rings. The summed E-state index contributed by atoms with van der Waals surface area (Å²) in [5, 5.41) is 0.551. The Kier molecular flexibility index (Phi) is 5.09. The molecule has 0 amide bonds. The van der Waals surface area contributed by atoms with Gasteiger partial charge in [0.15, 0.2) is 5.69 Å². The molecule has 0 saturated carbocycles. The van der Waals surface area contributed by atoms with Crippen LogP contribution in [0.2, 0.25) is 0 Å². The summed E-state index contributed by atoms with van der Waals surface area (Å²) >= 11 is 1.24. The Labute approximate surface area is 106 Å². The highest BCUT2D eigenvalue weighted by Crippen LogP contribution is 2.19. The lowest BCUT2D eigenvalue weighted by Crippen LogP contribution is -2.17. The minimum atomic E-state index is -4.32. The highest BCUT2D eigenvalue weighted by molar-refractivity contribution is 7.11. The Morgan fingerprint density at radius 1 is 1.44 bits per heavy atom. The number of carbonyl (C=O) groups is 1. The van der Waals surface area contributed by atoms with Crippen LogP contribution < -0.4 is 0 Å². The summed E-state index contributed by atoms with van der Waals surface area (Å²) in [6, 6.07) is 0. The Morgan fingerprint density at radius 2 is 2.11 bits per heavy atom. The Hall–Kier alpha value is -1.15. The molecule has 0 unspecified atom stereocenters. The van der Waals surface area contributed by atoms with Gasteiger partial charge >= 0.3 is 12.1 Å². The van der Waals surface area contributed by atoms with Crippen LogP contribution in [0, 0.1) is 6.92 Å². The van der Waals surface area contributed by atoms with E-state index in [2.05, 4.69) is 14.5 Å². The van der Waals surface area contributed by atoms with Gasteiger partial charge in [0, 0.05) is 11.3 Å². The lowest BCUT2D eigenvalue weighted by Gasteiger charge is -2.05. The second-order valence-electron chi connectivity index (χ2n) is 3.42. The van der Waals surface area contributed by atoms with Crippen molar-refractivity contribution in [2.75, 3.05) is 20.3 Å². The van der Waals surface area contributed by atoms with Gasteiger partial charge in [-0.05, 0) is 6.92 Å². The zero-order valence-electron chi connectivity index (χ0n) is 9.84. The molecule has 0 fully saturated rings. The maximum Gasteiger partial charge on any atom is 0.411 e. The lowest BCUT2D eigenvalue weighted by molar-refractivity contribution is -0.173. The van der Waals surface area contributed by atoms with Crippen molar-refractivity contribution in [2.45, 2.75) is 19.5 Å². The van der Waals surface area contributed by atoms with Crippen LogP contribution in [0.1, 0.15) is 20.4 Å². The number of hydrogen-bond acceptors (Lipinski definition) is 5. The molecule has 0 aliphatic rings. The van der Waals surface area contributed by atoms with E-state index in [1.54, 1.807) is 6.92 Å². The smallest absolute Gasteiger partial charge is 0.411 e. The number of ether oxygens (including phenoxy) is 2. The van der Waals surface area contributed by atoms with Crippen LogP contribution in [0.4, 0.5) is 13.2 Å². The van der Waals surface area contributed by atoms with Gasteiger partial charge in [-0.1, -0.05) is 0 Å². The number of hydrogen-bond donors (Lipinski definition) is 0. The molecule has 0 saturated heterocycles. The average Bonchev–Trinajstić information content (AvgIpc) is 2.64. The van der Waals surface area contributed by atoms with Crippen LogP contribution in [-0.2, 0) is 15.9 Å². The molecule has 102 valence electrons. The highest BCUT2D eigenvalue weighted by atomic mass is 32.1. The third-order valence-corrected chi connectivity index (χ3v) is 2.98. The van der Waals surface area contributed by atoms with Gasteiger partial charge in [-0.2, -0.15) is 13.2 Å². The summed E-state index contributed by atoms with van der Waals surface area (Å²) in [7, 11) is 1.24. The number of rotatable bonds is 5. The molecule has 0 spiro atoms. The Balaban J connectivity index is 2.47. The molecule has 18 heavy (non-hydrogen) atoms. The largest absolute Gasteiger partial charge is 0.464 e. The molecule has 0 N–H and O–H groups in total. The van der Waals surface area contributed by atoms with Gasteiger partial charge in [-0.3, -0.25) is 0 Å². The number of carbonyl (C=O) groups excluding carboxylic acids is 1. The van der Waals surface area contributed by atoms with Crippen LogP contribution in [0.25, 0.3) is 0 Å². The molecule has 1 rings (SSSR count). The topological polar surface area (TPSA) is 48.4 Å². The first-order valence-electron chi connectivity index (χ1n) is 5.02. The van der Waals surface area contributed by atoms with Crippen molar-refractivity contribution in [3.8, 4) is 0 Å². The Bertz CT molecular complexity index is 417. The van der Waals surface area contributed by atoms with Crippen molar-refractivity contribution in [1.82, 2.24) is 4.98 Å².